The van der Waals surface area contributed by atoms with Gasteiger partial charge in [-0.2, -0.15) is 0 Å². The molecule has 1 aromatic rings. The minimum absolute atomic E-state index is 0.210. The lowest BCUT2D eigenvalue weighted by Gasteiger charge is -2.25. The lowest BCUT2D eigenvalue weighted by molar-refractivity contribution is 0.0875. The van der Waals surface area contributed by atoms with Gasteiger partial charge in [0.05, 0.1) is 11.6 Å². The van der Waals surface area contributed by atoms with Crippen LogP contribution in [0, 0.1) is 11.8 Å². The van der Waals surface area contributed by atoms with Crippen molar-refractivity contribution >= 4 is 21.7 Å². The number of halogens is 1. The fourth-order valence-electron chi connectivity index (χ4n) is 2.58. The van der Waals surface area contributed by atoms with Crippen LogP contribution in [-0.2, 0) is 0 Å². The number of ether oxygens (including phenoxy) is 1. The van der Waals surface area contributed by atoms with Crippen LogP contribution < -0.4 is 4.74 Å². The van der Waals surface area contributed by atoms with Crippen molar-refractivity contribution in [1.29, 1.82) is 0 Å². The Hall–Kier alpha value is -0.830. The van der Waals surface area contributed by atoms with Crippen LogP contribution in [0.25, 0.3) is 0 Å². The first-order valence-corrected chi connectivity index (χ1v) is 7.29. The molecule has 1 aliphatic carbocycles. The Morgan fingerprint density at radius 3 is 2.50 bits per heavy atom. The number of rotatable bonds is 3. The third-order valence-electron chi connectivity index (χ3n) is 3.82. The zero-order valence-electron chi connectivity index (χ0n) is 10.9. The number of ketones is 1. The van der Waals surface area contributed by atoms with Crippen molar-refractivity contribution in [1.82, 2.24) is 0 Å². The van der Waals surface area contributed by atoms with Crippen molar-refractivity contribution in [3.63, 3.8) is 0 Å². The first kappa shape index (κ1) is 13.6. The third-order valence-corrected chi connectivity index (χ3v) is 4.44. The van der Waals surface area contributed by atoms with E-state index >= 15 is 0 Å². The minimum Gasteiger partial charge on any atom is -0.496 e. The number of hydrogen-bond donors (Lipinski definition) is 0. The highest BCUT2D eigenvalue weighted by molar-refractivity contribution is 9.10. The molecule has 1 aliphatic rings. The maximum absolute atomic E-state index is 12.4. The molecule has 0 aliphatic heterocycles. The normalized spacial score (nSPS) is 23.7. The van der Waals surface area contributed by atoms with E-state index in [1.54, 1.807) is 7.11 Å². The second-order valence-corrected chi connectivity index (χ2v) is 6.02. The highest BCUT2D eigenvalue weighted by Gasteiger charge is 2.25. The van der Waals surface area contributed by atoms with Crippen LogP contribution in [0.4, 0.5) is 0 Å². The SMILES string of the molecule is COc1ccc(C(=O)C2CCC(C)CC2)cc1Br. The zero-order valence-corrected chi connectivity index (χ0v) is 12.5. The van der Waals surface area contributed by atoms with Crippen LogP contribution in [0.1, 0.15) is 43.0 Å². The highest BCUT2D eigenvalue weighted by Crippen LogP contribution is 2.32. The summed E-state index contributed by atoms with van der Waals surface area (Å²) in [4.78, 5) is 12.4. The molecular formula is C15H19BrO2. The van der Waals surface area contributed by atoms with Crippen molar-refractivity contribution in [2.24, 2.45) is 11.8 Å². The quantitative estimate of drug-likeness (QED) is 0.770. The predicted molar refractivity (Wildman–Crippen MR) is 76.1 cm³/mol. The van der Waals surface area contributed by atoms with Crippen LogP contribution in [0.15, 0.2) is 22.7 Å². The van der Waals surface area contributed by atoms with Gasteiger partial charge in [-0.15, -0.1) is 0 Å². The topological polar surface area (TPSA) is 26.3 Å². The van der Waals surface area contributed by atoms with E-state index in [1.807, 2.05) is 18.2 Å². The van der Waals surface area contributed by atoms with E-state index in [0.29, 0.717) is 0 Å². The summed E-state index contributed by atoms with van der Waals surface area (Å²) in [6, 6.07) is 5.59. The monoisotopic (exact) mass is 310 g/mol. The van der Waals surface area contributed by atoms with Crippen molar-refractivity contribution in [3.8, 4) is 5.75 Å². The molecule has 0 spiro atoms. The summed E-state index contributed by atoms with van der Waals surface area (Å²) >= 11 is 3.43. The molecule has 1 aromatic carbocycles. The molecule has 0 amide bonds. The lowest BCUT2D eigenvalue weighted by Crippen LogP contribution is -2.20. The average Bonchev–Trinajstić information content (AvgIpc) is 2.38. The molecule has 0 N–H and O–H groups in total. The van der Waals surface area contributed by atoms with Gasteiger partial charge in [0.15, 0.2) is 5.78 Å². The molecule has 1 fully saturated rings. The van der Waals surface area contributed by atoms with Gasteiger partial charge in [0.2, 0.25) is 0 Å². The number of hydrogen-bond acceptors (Lipinski definition) is 2. The molecule has 0 radical (unpaired) electrons. The second kappa shape index (κ2) is 5.87. The van der Waals surface area contributed by atoms with Crippen molar-refractivity contribution in [2.75, 3.05) is 7.11 Å². The third kappa shape index (κ3) is 2.94. The summed E-state index contributed by atoms with van der Waals surface area (Å²) in [6.45, 7) is 2.27. The zero-order chi connectivity index (χ0) is 13.1. The molecule has 0 saturated heterocycles. The van der Waals surface area contributed by atoms with Gasteiger partial charge in [0.1, 0.15) is 5.75 Å². The predicted octanol–water partition coefficient (Wildman–Crippen LogP) is 4.47. The molecule has 98 valence electrons. The number of carbonyl (C=O) groups excluding carboxylic acids is 1. The van der Waals surface area contributed by atoms with Gasteiger partial charge in [-0.3, -0.25) is 4.79 Å². The Morgan fingerprint density at radius 2 is 1.94 bits per heavy atom. The van der Waals surface area contributed by atoms with Crippen LogP contribution in [-0.4, -0.2) is 12.9 Å². The Balaban J connectivity index is 2.11. The van der Waals surface area contributed by atoms with E-state index in [9.17, 15) is 4.79 Å². The fraction of sp³-hybridized carbons (Fsp3) is 0.533. The smallest absolute Gasteiger partial charge is 0.165 e. The van der Waals surface area contributed by atoms with Crippen LogP contribution in [0.2, 0.25) is 0 Å². The summed E-state index contributed by atoms with van der Waals surface area (Å²) in [6.07, 6.45) is 4.41. The minimum atomic E-state index is 0.210. The summed E-state index contributed by atoms with van der Waals surface area (Å²) < 4.78 is 6.03. The maximum Gasteiger partial charge on any atom is 0.165 e. The van der Waals surface area contributed by atoms with Gasteiger partial charge in [-0.05, 0) is 52.9 Å². The molecule has 3 heteroatoms. The summed E-state index contributed by atoms with van der Waals surface area (Å²) in [7, 11) is 1.63. The van der Waals surface area contributed by atoms with Crippen LogP contribution in [0.5, 0.6) is 5.75 Å². The van der Waals surface area contributed by atoms with Crippen molar-refractivity contribution in [3.05, 3.63) is 28.2 Å². The number of methoxy groups -OCH3 is 1. The Morgan fingerprint density at radius 1 is 1.28 bits per heavy atom. The molecule has 0 heterocycles. The van der Waals surface area contributed by atoms with E-state index in [-0.39, 0.29) is 11.7 Å². The molecule has 18 heavy (non-hydrogen) atoms. The fourth-order valence-corrected chi connectivity index (χ4v) is 3.12. The Bertz CT molecular complexity index is 434. The number of carbonyl (C=O) groups is 1. The van der Waals surface area contributed by atoms with Crippen LogP contribution in [0.3, 0.4) is 0 Å². The molecule has 0 atom stereocenters. The van der Waals surface area contributed by atoms with E-state index in [1.165, 1.54) is 12.8 Å². The van der Waals surface area contributed by atoms with Gasteiger partial charge < -0.3 is 4.74 Å². The Kier molecular flexibility index (Phi) is 4.44. The van der Waals surface area contributed by atoms with E-state index in [4.69, 9.17) is 4.74 Å². The average molecular weight is 311 g/mol. The number of Topliss-reactive ketones (excluding diaryl/α,β-unsaturated/α-hetero) is 1. The van der Waals surface area contributed by atoms with Gasteiger partial charge in [-0.25, -0.2) is 0 Å². The van der Waals surface area contributed by atoms with E-state index < -0.39 is 0 Å². The van der Waals surface area contributed by atoms with Gasteiger partial charge in [-0.1, -0.05) is 19.8 Å². The Labute approximate surface area is 117 Å². The van der Waals surface area contributed by atoms with Crippen LogP contribution >= 0.6 is 15.9 Å². The number of benzene rings is 1. The first-order valence-electron chi connectivity index (χ1n) is 6.49. The van der Waals surface area contributed by atoms with E-state index in [0.717, 1.165) is 34.5 Å². The van der Waals surface area contributed by atoms with Gasteiger partial charge in [0, 0.05) is 11.5 Å². The largest absolute Gasteiger partial charge is 0.496 e. The molecule has 0 unspecified atom stereocenters. The second-order valence-electron chi connectivity index (χ2n) is 5.17. The highest BCUT2D eigenvalue weighted by atomic mass is 79.9. The van der Waals surface area contributed by atoms with Crippen molar-refractivity contribution in [2.45, 2.75) is 32.6 Å². The van der Waals surface area contributed by atoms with E-state index in [2.05, 4.69) is 22.9 Å². The van der Waals surface area contributed by atoms with Crippen molar-refractivity contribution < 1.29 is 9.53 Å². The van der Waals surface area contributed by atoms with Gasteiger partial charge in [0.25, 0.3) is 0 Å². The molecule has 1 saturated carbocycles. The summed E-state index contributed by atoms with van der Waals surface area (Å²) in [5, 5.41) is 0. The first-order chi connectivity index (χ1) is 8.61. The standard InChI is InChI=1S/C15H19BrO2/c1-10-3-5-11(6-4-10)15(17)12-7-8-14(18-2)13(16)9-12/h7-11H,3-6H2,1-2H3. The maximum atomic E-state index is 12.4. The molecule has 2 rings (SSSR count). The molecule has 0 bridgehead atoms. The molecule has 2 nitrogen and oxygen atoms in total. The summed E-state index contributed by atoms with van der Waals surface area (Å²) in [5.41, 5.74) is 0.794. The molecular weight excluding hydrogens is 292 g/mol. The summed E-state index contributed by atoms with van der Waals surface area (Å²) in [5.74, 6) is 2.03. The molecule has 0 aromatic heterocycles. The van der Waals surface area contributed by atoms with Gasteiger partial charge >= 0.3 is 0 Å². The lowest BCUT2D eigenvalue weighted by atomic mass is 9.79.